The number of aromatic nitrogens is 2. The molecule has 1 aliphatic heterocycles. The number of aliphatic hydroxyl groups is 2. The number of nitrogens with zero attached hydrogens (tertiary/aromatic N) is 2. The summed E-state index contributed by atoms with van der Waals surface area (Å²) in [6.07, 6.45) is 4.13. The molecule has 0 bridgehead atoms. The van der Waals surface area contributed by atoms with Crippen molar-refractivity contribution in [1.82, 2.24) is 9.97 Å². The maximum atomic E-state index is 14.8. The van der Waals surface area contributed by atoms with E-state index in [2.05, 4.69) is 9.97 Å². The molecule has 1 saturated heterocycles. The minimum Gasteiger partial charge on any atom is -0.390 e. The minimum absolute atomic E-state index is 0.00563. The Morgan fingerprint density at radius 2 is 2.18 bits per heavy atom. The Kier molecular flexibility index (Phi) is 4.86. The smallest absolute Gasteiger partial charge is 0.267 e. The molecule has 8 heteroatoms. The molecule has 28 heavy (non-hydrogen) atoms. The van der Waals surface area contributed by atoms with Gasteiger partial charge >= 0.3 is 0 Å². The standard InChI is InChI=1S/C20H22FN3O4/c21-12-10-24-18(19(22)26)17(16(12)11-4-3-7-23-9-11)13-8-14(25)20(27)6-2-1-5-15(20)28-13/h3-4,7,9-10,13-15,25,27H,1-2,5-6,8H2,(H2,22,26). The summed E-state index contributed by atoms with van der Waals surface area (Å²) in [5, 5.41) is 21.6. The van der Waals surface area contributed by atoms with Crippen molar-refractivity contribution in [1.29, 1.82) is 0 Å². The van der Waals surface area contributed by atoms with Crippen molar-refractivity contribution in [3.8, 4) is 11.1 Å². The van der Waals surface area contributed by atoms with Gasteiger partial charge in [0.1, 0.15) is 17.1 Å². The molecule has 4 unspecified atom stereocenters. The molecule has 1 amide bonds. The third-order valence-electron chi connectivity index (χ3n) is 5.77. The van der Waals surface area contributed by atoms with E-state index in [1.807, 2.05) is 0 Å². The molecule has 4 rings (SSSR count). The first-order chi connectivity index (χ1) is 13.4. The predicted molar refractivity (Wildman–Crippen MR) is 97.6 cm³/mol. The topological polar surface area (TPSA) is 119 Å². The number of fused-ring (bicyclic) bond motifs is 1. The van der Waals surface area contributed by atoms with Gasteiger partial charge in [-0.1, -0.05) is 18.9 Å². The summed E-state index contributed by atoms with van der Waals surface area (Å²) in [6.45, 7) is 0. The molecule has 2 aliphatic rings. The quantitative estimate of drug-likeness (QED) is 0.740. The number of pyridine rings is 2. The van der Waals surface area contributed by atoms with Crippen LogP contribution in [0.1, 0.15) is 54.3 Å². The zero-order valence-electron chi connectivity index (χ0n) is 15.2. The average Bonchev–Trinajstić information content (AvgIpc) is 2.68. The van der Waals surface area contributed by atoms with Crippen molar-refractivity contribution in [2.45, 2.75) is 56.0 Å². The molecule has 2 aromatic rings. The normalized spacial score (nSPS) is 29.9. The third-order valence-corrected chi connectivity index (χ3v) is 5.77. The van der Waals surface area contributed by atoms with E-state index in [4.69, 9.17) is 10.5 Å². The maximum Gasteiger partial charge on any atom is 0.267 e. The molecule has 4 atom stereocenters. The average molecular weight is 387 g/mol. The largest absolute Gasteiger partial charge is 0.390 e. The molecule has 2 fully saturated rings. The zero-order chi connectivity index (χ0) is 19.9. The number of rotatable bonds is 3. The van der Waals surface area contributed by atoms with Gasteiger partial charge < -0.3 is 20.7 Å². The van der Waals surface area contributed by atoms with E-state index in [-0.39, 0.29) is 23.2 Å². The number of halogens is 1. The predicted octanol–water partition coefficient (Wildman–Crippen LogP) is 1.88. The molecule has 1 aliphatic carbocycles. The van der Waals surface area contributed by atoms with E-state index < -0.39 is 35.6 Å². The van der Waals surface area contributed by atoms with Crippen LogP contribution in [0, 0.1) is 5.82 Å². The fraction of sp³-hybridized carbons (Fsp3) is 0.450. The highest BCUT2D eigenvalue weighted by Crippen LogP contribution is 2.46. The van der Waals surface area contributed by atoms with Gasteiger partial charge in [-0.05, 0) is 18.9 Å². The van der Waals surface area contributed by atoms with Crippen molar-refractivity contribution in [2.75, 3.05) is 0 Å². The highest BCUT2D eigenvalue weighted by molar-refractivity contribution is 5.94. The van der Waals surface area contributed by atoms with Gasteiger partial charge in [0.05, 0.1) is 24.5 Å². The minimum atomic E-state index is -1.34. The van der Waals surface area contributed by atoms with Crippen LogP contribution in [-0.2, 0) is 4.74 Å². The Labute approximate surface area is 161 Å². The highest BCUT2D eigenvalue weighted by Gasteiger charge is 2.51. The van der Waals surface area contributed by atoms with Gasteiger partial charge in [-0.2, -0.15) is 0 Å². The van der Waals surface area contributed by atoms with Crippen LogP contribution in [0.4, 0.5) is 4.39 Å². The van der Waals surface area contributed by atoms with Gasteiger partial charge in [-0.25, -0.2) is 9.37 Å². The van der Waals surface area contributed by atoms with Crippen LogP contribution >= 0.6 is 0 Å². The summed E-state index contributed by atoms with van der Waals surface area (Å²) in [6, 6.07) is 3.31. The fourth-order valence-corrected chi connectivity index (χ4v) is 4.38. The van der Waals surface area contributed by atoms with E-state index >= 15 is 0 Å². The Morgan fingerprint density at radius 3 is 2.89 bits per heavy atom. The van der Waals surface area contributed by atoms with Crippen LogP contribution in [0.5, 0.6) is 0 Å². The Balaban J connectivity index is 1.85. The van der Waals surface area contributed by atoms with Crippen molar-refractivity contribution in [2.24, 2.45) is 5.73 Å². The lowest BCUT2D eigenvalue weighted by Crippen LogP contribution is -2.59. The molecule has 148 valence electrons. The van der Waals surface area contributed by atoms with Gasteiger partial charge in [0.25, 0.3) is 5.91 Å². The number of aliphatic hydroxyl groups excluding tert-OH is 1. The van der Waals surface area contributed by atoms with E-state index in [1.54, 1.807) is 18.3 Å². The van der Waals surface area contributed by atoms with E-state index in [9.17, 15) is 19.4 Å². The molecule has 0 aromatic carbocycles. The molecule has 7 nitrogen and oxygen atoms in total. The highest BCUT2D eigenvalue weighted by atomic mass is 19.1. The van der Waals surface area contributed by atoms with E-state index in [1.165, 1.54) is 6.20 Å². The first-order valence-corrected chi connectivity index (χ1v) is 9.36. The first-order valence-electron chi connectivity index (χ1n) is 9.36. The molecule has 2 aromatic heterocycles. The number of primary amides is 1. The summed E-state index contributed by atoms with van der Waals surface area (Å²) in [4.78, 5) is 20.0. The summed E-state index contributed by atoms with van der Waals surface area (Å²) in [5.74, 6) is -1.46. The van der Waals surface area contributed by atoms with Crippen LogP contribution < -0.4 is 5.73 Å². The second-order valence-electron chi connectivity index (χ2n) is 7.45. The maximum absolute atomic E-state index is 14.8. The molecule has 0 spiro atoms. The molecule has 0 radical (unpaired) electrons. The summed E-state index contributed by atoms with van der Waals surface area (Å²) < 4.78 is 20.9. The van der Waals surface area contributed by atoms with Crippen LogP contribution in [0.25, 0.3) is 11.1 Å². The van der Waals surface area contributed by atoms with Crippen molar-refractivity contribution < 1.29 is 24.1 Å². The second kappa shape index (κ2) is 7.20. The summed E-state index contributed by atoms with van der Waals surface area (Å²) in [5.41, 5.74) is 4.81. The number of ether oxygens (including phenoxy) is 1. The number of amides is 1. The molecule has 1 saturated carbocycles. The Morgan fingerprint density at radius 1 is 1.36 bits per heavy atom. The Hall–Kier alpha value is -2.42. The van der Waals surface area contributed by atoms with Gasteiger partial charge in [0.2, 0.25) is 0 Å². The zero-order valence-corrected chi connectivity index (χ0v) is 15.2. The van der Waals surface area contributed by atoms with Crippen molar-refractivity contribution >= 4 is 5.91 Å². The molecular formula is C20H22FN3O4. The van der Waals surface area contributed by atoms with Crippen LogP contribution in [0.3, 0.4) is 0 Å². The number of carbonyl (C=O) groups is 1. The molecule has 4 N–H and O–H groups in total. The van der Waals surface area contributed by atoms with Crippen molar-refractivity contribution in [3.05, 3.63) is 47.8 Å². The van der Waals surface area contributed by atoms with Crippen molar-refractivity contribution in [3.63, 3.8) is 0 Å². The lowest BCUT2D eigenvalue weighted by Gasteiger charge is -2.49. The van der Waals surface area contributed by atoms with Crippen LogP contribution in [-0.4, -0.2) is 43.9 Å². The van der Waals surface area contributed by atoms with Gasteiger partial charge in [-0.15, -0.1) is 0 Å². The number of hydrogen-bond acceptors (Lipinski definition) is 6. The third kappa shape index (κ3) is 3.07. The monoisotopic (exact) mass is 387 g/mol. The molecule has 3 heterocycles. The second-order valence-corrected chi connectivity index (χ2v) is 7.45. The SMILES string of the molecule is NC(=O)c1ncc(F)c(-c2cccnc2)c1C1CC(O)C2(O)CCCCC2O1. The summed E-state index contributed by atoms with van der Waals surface area (Å²) in [7, 11) is 0. The first kappa shape index (κ1) is 18.9. The van der Waals surface area contributed by atoms with E-state index in [0.717, 1.165) is 19.0 Å². The van der Waals surface area contributed by atoms with Gasteiger partial charge in [0.15, 0.2) is 0 Å². The summed E-state index contributed by atoms with van der Waals surface area (Å²) >= 11 is 0. The number of nitrogens with two attached hydrogens (primary N) is 1. The number of hydrogen-bond donors (Lipinski definition) is 3. The van der Waals surface area contributed by atoms with Gasteiger partial charge in [0, 0.05) is 35.5 Å². The Bertz CT molecular complexity index is 895. The lowest BCUT2D eigenvalue weighted by atomic mass is 9.73. The fourth-order valence-electron chi connectivity index (χ4n) is 4.38. The van der Waals surface area contributed by atoms with Crippen LogP contribution in [0.2, 0.25) is 0 Å². The van der Waals surface area contributed by atoms with E-state index in [0.29, 0.717) is 18.4 Å². The molecular weight excluding hydrogens is 365 g/mol. The number of carbonyl (C=O) groups excluding carboxylic acids is 1. The van der Waals surface area contributed by atoms with Gasteiger partial charge in [-0.3, -0.25) is 9.78 Å². The lowest BCUT2D eigenvalue weighted by molar-refractivity contribution is -0.242. The van der Waals surface area contributed by atoms with Crippen LogP contribution in [0.15, 0.2) is 30.7 Å².